The number of hydrogen-bond acceptors (Lipinski definition) is 5. The molecule has 4 aromatic rings. The third kappa shape index (κ3) is 4.70. The van der Waals surface area contributed by atoms with Crippen LogP contribution in [0.4, 0.5) is 4.39 Å². The van der Waals surface area contributed by atoms with Gasteiger partial charge in [0.2, 0.25) is 0 Å². The summed E-state index contributed by atoms with van der Waals surface area (Å²) in [6, 6.07) is 22.3. The molecule has 0 saturated carbocycles. The maximum absolute atomic E-state index is 13.6. The third-order valence-electron chi connectivity index (χ3n) is 4.39. The monoisotopic (exact) mass is 432 g/mol. The van der Waals surface area contributed by atoms with E-state index in [1.807, 2.05) is 18.2 Å². The Kier molecular flexibility index (Phi) is 6.18. The van der Waals surface area contributed by atoms with Crippen LogP contribution in [0.15, 0.2) is 93.9 Å². The summed E-state index contributed by atoms with van der Waals surface area (Å²) in [6.45, 7) is 0. The van der Waals surface area contributed by atoms with Crippen molar-refractivity contribution < 1.29 is 9.18 Å². The van der Waals surface area contributed by atoms with Gasteiger partial charge >= 0.3 is 0 Å². The molecule has 0 radical (unpaired) electrons. The number of hydrogen-bond donors (Lipinski definition) is 1. The van der Waals surface area contributed by atoms with E-state index in [-0.39, 0.29) is 16.9 Å². The van der Waals surface area contributed by atoms with Gasteiger partial charge in [-0.1, -0.05) is 60.3 Å². The second-order valence-corrected chi connectivity index (χ2v) is 7.43. The molecule has 154 valence electrons. The molecule has 0 bridgehead atoms. The van der Waals surface area contributed by atoms with E-state index in [1.165, 1.54) is 16.8 Å². The number of nitrogens with one attached hydrogen (secondary N) is 1. The van der Waals surface area contributed by atoms with Crippen LogP contribution in [0.1, 0.15) is 5.56 Å². The van der Waals surface area contributed by atoms with E-state index in [0.29, 0.717) is 21.7 Å². The fourth-order valence-electron chi connectivity index (χ4n) is 2.93. The molecule has 1 heterocycles. The first kappa shape index (κ1) is 20.5. The number of hydrazone groups is 1. The first-order chi connectivity index (χ1) is 15.1. The summed E-state index contributed by atoms with van der Waals surface area (Å²) in [7, 11) is 0. The first-order valence-corrected chi connectivity index (χ1v) is 10.4. The zero-order chi connectivity index (χ0) is 21.6. The molecule has 6 nitrogen and oxygen atoms in total. The molecule has 0 aliphatic rings. The number of fused-ring (bicyclic) bond motifs is 1. The molecule has 0 unspecified atom stereocenters. The maximum atomic E-state index is 13.6. The van der Waals surface area contributed by atoms with Gasteiger partial charge in [0.15, 0.2) is 5.16 Å². The predicted octanol–water partition coefficient (Wildman–Crippen LogP) is 3.77. The highest BCUT2D eigenvalue weighted by atomic mass is 32.2. The highest BCUT2D eigenvalue weighted by molar-refractivity contribution is 7.99. The van der Waals surface area contributed by atoms with E-state index in [1.54, 1.807) is 54.6 Å². The van der Waals surface area contributed by atoms with Gasteiger partial charge in [0.25, 0.3) is 11.5 Å². The number of benzene rings is 3. The second-order valence-electron chi connectivity index (χ2n) is 6.49. The Morgan fingerprint density at radius 2 is 1.74 bits per heavy atom. The zero-order valence-corrected chi connectivity index (χ0v) is 17.1. The first-order valence-electron chi connectivity index (χ1n) is 9.40. The van der Waals surface area contributed by atoms with Crippen LogP contribution in [-0.4, -0.2) is 27.4 Å². The molecule has 31 heavy (non-hydrogen) atoms. The standard InChI is InChI=1S/C23H17FN4O2S/c24-19-12-6-4-8-16(19)14-25-27-21(29)15-31-23-26-20-13-7-5-11-18(20)22(30)28(23)17-9-2-1-3-10-17/h1-14H,15H2,(H,27,29)/b25-14-. The number of aromatic nitrogens is 2. The minimum absolute atomic E-state index is 0.0216. The molecular weight excluding hydrogens is 415 g/mol. The van der Waals surface area contributed by atoms with Crippen molar-refractivity contribution in [3.8, 4) is 5.69 Å². The summed E-state index contributed by atoms with van der Waals surface area (Å²) in [6.07, 6.45) is 1.24. The summed E-state index contributed by atoms with van der Waals surface area (Å²) in [4.78, 5) is 29.9. The molecule has 0 aliphatic heterocycles. The van der Waals surface area contributed by atoms with Gasteiger partial charge in [-0.15, -0.1) is 0 Å². The quantitative estimate of drug-likeness (QED) is 0.218. The molecule has 1 aromatic heterocycles. The molecule has 8 heteroatoms. The minimum atomic E-state index is -0.429. The van der Waals surface area contributed by atoms with Crippen LogP contribution in [0, 0.1) is 5.82 Å². The second kappa shape index (κ2) is 9.36. The molecule has 0 saturated heterocycles. The number of amides is 1. The predicted molar refractivity (Wildman–Crippen MR) is 120 cm³/mol. The Morgan fingerprint density at radius 3 is 2.55 bits per heavy atom. The summed E-state index contributed by atoms with van der Waals surface area (Å²) in [5.74, 6) is -0.853. The van der Waals surface area contributed by atoms with Crippen molar-refractivity contribution in [2.24, 2.45) is 5.10 Å². The fraction of sp³-hybridized carbons (Fsp3) is 0.0435. The lowest BCUT2D eigenvalue weighted by molar-refractivity contribution is -0.118. The Morgan fingerprint density at radius 1 is 1.03 bits per heavy atom. The molecular formula is C23H17FN4O2S. The maximum Gasteiger partial charge on any atom is 0.266 e. The number of nitrogens with zero attached hydrogens (tertiary/aromatic N) is 3. The topological polar surface area (TPSA) is 76.3 Å². The average Bonchev–Trinajstić information content (AvgIpc) is 2.80. The van der Waals surface area contributed by atoms with Gasteiger partial charge in [0.05, 0.1) is 28.6 Å². The lowest BCUT2D eigenvalue weighted by Crippen LogP contribution is -2.24. The molecule has 1 amide bonds. The van der Waals surface area contributed by atoms with Crippen LogP contribution < -0.4 is 11.0 Å². The largest absolute Gasteiger partial charge is 0.272 e. The number of carbonyl (C=O) groups excluding carboxylic acids is 1. The molecule has 0 aliphatic carbocycles. The molecule has 0 atom stereocenters. The molecule has 0 fully saturated rings. The number of rotatable bonds is 6. The van der Waals surface area contributed by atoms with Crippen molar-refractivity contribution in [3.05, 3.63) is 101 Å². The van der Waals surface area contributed by atoms with Crippen molar-refractivity contribution in [2.45, 2.75) is 5.16 Å². The summed E-state index contributed by atoms with van der Waals surface area (Å²) in [5.41, 5.74) is 3.64. The molecule has 3 aromatic carbocycles. The summed E-state index contributed by atoms with van der Waals surface area (Å²) in [5, 5.41) is 4.68. The van der Waals surface area contributed by atoms with E-state index >= 15 is 0 Å². The van der Waals surface area contributed by atoms with Crippen LogP contribution >= 0.6 is 11.8 Å². The highest BCUT2D eigenvalue weighted by Gasteiger charge is 2.14. The van der Waals surface area contributed by atoms with E-state index in [9.17, 15) is 14.0 Å². The lowest BCUT2D eigenvalue weighted by atomic mass is 10.2. The van der Waals surface area contributed by atoms with Gasteiger partial charge in [-0.05, 0) is 30.3 Å². The van der Waals surface area contributed by atoms with E-state index in [2.05, 4.69) is 15.5 Å². The smallest absolute Gasteiger partial charge is 0.266 e. The van der Waals surface area contributed by atoms with Gasteiger partial charge in [0, 0.05) is 5.56 Å². The van der Waals surface area contributed by atoms with E-state index in [4.69, 9.17) is 0 Å². The van der Waals surface area contributed by atoms with Crippen molar-refractivity contribution in [1.29, 1.82) is 0 Å². The van der Waals surface area contributed by atoms with Crippen LogP contribution in [0.5, 0.6) is 0 Å². The SMILES string of the molecule is O=C(CSc1nc2ccccc2c(=O)n1-c1ccccc1)N/N=C\c1ccccc1F. The van der Waals surface area contributed by atoms with Crippen molar-refractivity contribution in [3.63, 3.8) is 0 Å². The lowest BCUT2D eigenvalue weighted by Gasteiger charge is -2.12. The summed E-state index contributed by atoms with van der Waals surface area (Å²) >= 11 is 1.12. The van der Waals surface area contributed by atoms with Crippen LogP contribution in [0.3, 0.4) is 0 Å². The Bertz CT molecular complexity index is 1320. The molecule has 4 rings (SSSR count). The van der Waals surface area contributed by atoms with Crippen LogP contribution in [0.25, 0.3) is 16.6 Å². The normalized spacial score (nSPS) is 11.1. The highest BCUT2D eigenvalue weighted by Crippen LogP contribution is 2.21. The zero-order valence-electron chi connectivity index (χ0n) is 16.2. The van der Waals surface area contributed by atoms with E-state index in [0.717, 1.165) is 11.8 Å². The van der Waals surface area contributed by atoms with Gasteiger partial charge in [-0.2, -0.15) is 5.10 Å². The minimum Gasteiger partial charge on any atom is -0.272 e. The number of halogens is 1. The molecule has 1 N–H and O–H groups in total. The Labute approximate surface area is 181 Å². The Hall–Kier alpha value is -3.78. The fourth-order valence-corrected chi connectivity index (χ4v) is 3.73. The van der Waals surface area contributed by atoms with Crippen LogP contribution in [0.2, 0.25) is 0 Å². The number of carbonyl (C=O) groups is 1. The van der Waals surface area contributed by atoms with E-state index < -0.39 is 11.7 Å². The Balaban J connectivity index is 1.56. The number of para-hydroxylation sites is 2. The van der Waals surface area contributed by atoms with Crippen molar-refractivity contribution in [1.82, 2.24) is 15.0 Å². The van der Waals surface area contributed by atoms with Gasteiger partial charge < -0.3 is 0 Å². The van der Waals surface area contributed by atoms with Gasteiger partial charge in [-0.3, -0.25) is 14.2 Å². The molecule has 0 spiro atoms. The number of thioether (sulfide) groups is 1. The third-order valence-corrected chi connectivity index (χ3v) is 5.33. The van der Waals surface area contributed by atoms with Gasteiger partial charge in [0.1, 0.15) is 5.82 Å². The van der Waals surface area contributed by atoms with Gasteiger partial charge in [-0.25, -0.2) is 14.8 Å². The average molecular weight is 432 g/mol. The van der Waals surface area contributed by atoms with Crippen molar-refractivity contribution >= 4 is 34.8 Å². The van der Waals surface area contributed by atoms with Crippen molar-refractivity contribution in [2.75, 3.05) is 5.75 Å². The summed E-state index contributed by atoms with van der Waals surface area (Å²) < 4.78 is 15.1. The van der Waals surface area contributed by atoms with Crippen LogP contribution in [-0.2, 0) is 4.79 Å².